The van der Waals surface area contributed by atoms with Crippen molar-refractivity contribution in [2.45, 2.75) is 12.5 Å². The number of amides is 2. The quantitative estimate of drug-likeness (QED) is 0.543. The molecule has 1 unspecified atom stereocenters. The van der Waals surface area contributed by atoms with Crippen molar-refractivity contribution in [1.82, 2.24) is 19.4 Å². The molecule has 1 aliphatic heterocycles. The third-order valence-corrected chi connectivity index (χ3v) is 5.18. The van der Waals surface area contributed by atoms with Crippen LogP contribution in [-0.2, 0) is 0 Å². The predicted octanol–water partition coefficient (Wildman–Crippen LogP) is 4.45. The Morgan fingerprint density at radius 3 is 2.93 bits per heavy atom. The first-order valence-corrected chi connectivity index (χ1v) is 9.48. The first kappa shape index (κ1) is 18.3. The Hall–Kier alpha value is -3.75. The Bertz CT molecular complexity index is 1220. The number of fused-ring (bicyclic) bond motifs is 1. The van der Waals surface area contributed by atoms with Gasteiger partial charge in [0.25, 0.3) is 0 Å². The minimum absolute atomic E-state index is 0.0897. The number of carbonyl (C=O) groups is 1. The van der Waals surface area contributed by atoms with Crippen LogP contribution >= 0.6 is 0 Å². The molecule has 9 heteroatoms. The van der Waals surface area contributed by atoms with Gasteiger partial charge in [0.05, 0.1) is 18.0 Å². The van der Waals surface area contributed by atoms with E-state index in [2.05, 4.69) is 15.3 Å². The molecule has 5 rings (SSSR count). The number of nitrogens with one attached hydrogen (secondary N) is 1. The maximum atomic E-state index is 13.9. The van der Waals surface area contributed by atoms with Gasteiger partial charge in [0.1, 0.15) is 17.2 Å². The van der Waals surface area contributed by atoms with Gasteiger partial charge < -0.3 is 19.2 Å². The fourth-order valence-corrected chi connectivity index (χ4v) is 3.78. The highest BCUT2D eigenvalue weighted by Crippen LogP contribution is 2.32. The van der Waals surface area contributed by atoms with Crippen molar-refractivity contribution in [2.75, 3.05) is 18.4 Å². The summed E-state index contributed by atoms with van der Waals surface area (Å²) in [7, 11) is 0. The molecule has 152 valence electrons. The zero-order valence-corrected chi connectivity index (χ0v) is 15.8. The predicted molar refractivity (Wildman–Crippen MR) is 106 cm³/mol. The standard InChI is InChI=1S/C21H17F2N5O2/c22-13-5-6-15(23)17(11-13)26-21(29)27-9-7-14(12-27)28-19-16(3-1-8-24-19)25-20(28)18-4-2-10-30-18/h1-6,8,10-11,14H,7,9,12H2,(H,26,29). The molecule has 3 aromatic heterocycles. The summed E-state index contributed by atoms with van der Waals surface area (Å²) in [4.78, 5) is 23.3. The molecule has 0 saturated carbocycles. The number of rotatable bonds is 3. The second-order valence-electron chi connectivity index (χ2n) is 7.07. The molecule has 1 saturated heterocycles. The molecule has 0 spiro atoms. The molecular weight excluding hydrogens is 392 g/mol. The number of hydrogen-bond donors (Lipinski definition) is 1. The molecule has 1 fully saturated rings. The number of nitrogens with zero attached hydrogens (tertiary/aromatic N) is 4. The number of urea groups is 1. The molecule has 4 aromatic rings. The maximum absolute atomic E-state index is 13.9. The lowest BCUT2D eigenvalue weighted by Gasteiger charge is -2.19. The minimum atomic E-state index is -0.689. The van der Waals surface area contributed by atoms with Crippen molar-refractivity contribution in [3.05, 3.63) is 66.6 Å². The summed E-state index contributed by atoms with van der Waals surface area (Å²) in [5.41, 5.74) is 1.25. The molecular formula is C21H17F2N5O2. The number of imidazole rings is 1. The number of pyridine rings is 1. The second kappa shape index (κ2) is 7.25. The van der Waals surface area contributed by atoms with Crippen LogP contribution in [0.3, 0.4) is 0 Å². The van der Waals surface area contributed by atoms with Gasteiger partial charge >= 0.3 is 6.03 Å². The summed E-state index contributed by atoms with van der Waals surface area (Å²) in [6.45, 7) is 0.829. The monoisotopic (exact) mass is 409 g/mol. The molecule has 30 heavy (non-hydrogen) atoms. The Morgan fingerprint density at radius 2 is 2.10 bits per heavy atom. The summed E-state index contributed by atoms with van der Waals surface area (Å²) in [5.74, 6) is -0.0645. The van der Waals surface area contributed by atoms with Crippen LogP contribution in [0.1, 0.15) is 12.5 Å². The molecule has 1 aliphatic rings. The van der Waals surface area contributed by atoms with Crippen LogP contribution < -0.4 is 5.32 Å². The zero-order valence-electron chi connectivity index (χ0n) is 15.8. The molecule has 7 nitrogen and oxygen atoms in total. The largest absolute Gasteiger partial charge is 0.461 e. The number of carbonyl (C=O) groups excluding carboxylic acids is 1. The first-order chi connectivity index (χ1) is 14.6. The van der Waals surface area contributed by atoms with Crippen LogP contribution in [0.5, 0.6) is 0 Å². The highest BCUT2D eigenvalue weighted by molar-refractivity contribution is 5.89. The third kappa shape index (κ3) is 3.18. The van der Waals surface area contributed by atoms with E-state index in [-0.39, 0.29) is 11.7 Å². The van der Waals surface area contributed by atoms with E-state index in [1.165, 1.54) is 0 Å². The molecule has 1 aromatic carbocycles. The fraction of sp³-hybridized carbons (Fsp3) is 0.190. The average molecular weight is 409 g/mol. The van der Waals surface area contributed by atoms with Gasteiger partial charge in [0.2, 0.25) is 0 Å². The Balaban J connectivity index is 1.42. The number of hydrogen-bond acceptors (Lipinski definition) is 4. The number of halogens is 2. The van der Waals surface area contributed by atoms with Gasteiger partial charge in [0, 0.05) is 25.4 Å². The van der Waals surface area contributed by atoms with Crippen LogP contribution in [0.4, 0.5) is 19.3 Å². The summed E-state index contributed by atoms with van der Waals surface area (Å²) >= 11 is 0. The van der Waals surface area contributed by atoms with E-state index in [1.54, 1.807) is 23.4 Å². The molecule has 0 radical (unpaired) electrons. The third-order valence-electron chi connectivity index (χ3n) is 5.18. The molecule has 1 N–H and O–H groups in total. The zero-order chi connectivity index (χ0) is 20.7. The van der Waals surface area contributed by atoms with Gasteiger partial charge in [0.15, 0.2) is 17.2 Å². The van der Waals surface area contributed by atoms with Crippen LogP contribution in [-0.4, -0.2) is 38.6 Å². The summed E-state index contributed by atoms with van der Waals surface area (Å²) < 4.78 is 34.8. The van der Waals surface area contributed by atoms with Crippen molar-refractivity contribution in [1.29, 1.82) is 0 Å². The number of likely N-dealkylation sites (tertiary alicyclic amines) is 1. The van der Waals surface area contributed by atoms with Crippen molar-refractivity contribution in [3.63, 3.8) is 0 Å². The lowest BCUT2D eigenvalue weighted by molar-refractivity contribution is 0.221. The smallest absolute Gasteiger partial charge is 0.321 e. The van der Waals surface area contributed by atoms with Gasteiger partial charge in [-0.25, -0.2) is 23.5 Å². The van der Waals surface area contributed by atoms with Crippen molar-refractivity contribution in [2.24, 2.45) is 0 Å². The van der Waals surface area contributed by atoms with E-state index in [4.69, 9.17) is 4.42 Å². The highest BCUT2D eigenvalue weighted by Gasteiger charge is 2.31. The maximum Gasteiger partial charge on any atom is 0.321 e. The fourth-order valence-electron chi connectivity index (χ4n) is 3.78. The first-order valence-electron chi connectivity index (χ1n) is 9.48. The highest BCUT2D eigenvalue weighted by atomic mass is 19.1. The number of benzene rings is 1. The van der Waals surface area contributed by atoms with Gasteiger partial charge in [-0.2, -0.15) is 0 Å². The van der Waals surface area contributed by atoms with Crippen molar-refractivity contribution in [3.8, 4) is 11.6 Å². The van der Waals surface area contributed by atoms with Crippen LogP contribution in [0.15, 0.2) is 59.3 Å². The van der Waals surface area contributed by atoms with Crippen LogP contribution in [0.2, 0.25) is 0 Å². The van der Waals surface area contributed by atoms with E-state index in [9.17, 15) is 13.6 Å². The minimum Gasteiger partial charge on any atom is -0.461 e. The normalized spacial score (nSPS) is 16.3. The second-order valence-corrected chi connectivity index (χ2v) is 7.07. The van der Waals surface area contributed by atoms with E-state index in [0.29, 0.717) is 36.7 Å². The molecule has 4 heterocycles. The Kier molecular flexibility index (Phi) is 4.42. The molecule has 0 bridgehead atoms. The molecule has 1 atom stereocenters. The van der Waals surface area contributed by atoms with Crippen molar-refractivity contribution < 1.29 is 18.0 Å². The molecule has 0 aliphatic carbocycles. The van der Waals surface area contributed by atoms with Gasteiger partial charge in [-0.05, 0) is 42.8 Å². The van der Waals surface area contributed by atoms with E-state index < -0.39 is 17.7 Å². The van der Waals surface area contributed by atoms with E-state index >= 15 is 0 Å². The number of furan rings is 1. The van der Waals surface area contributed by atoms with E-state index in [1.807, 2.05) is 22.8 Å². The number of anilines is 1. The topological polar surface area (TPSA) is 76.2 Å². The SMILES string of the molecule is O=C(Nc1cc(F)ccc1F)N1CCC(n2c(-c3ccco3)nc3cccnc32)C1. The van der Waals surface area contributed by atoms with Gasteiger partial charge in [-0.15, -0.1) is 0 Å². The van der Waals surface area contributed by atoms with Crippen LogP contribution in [0, 0.1) is 11.6 Å². The number of aromatic nitrogens is 3. The summed E-state index contributed by atoms with van der Waals surface area (Å²) in [6.07, 6.45) is 3.93. The van der Waals surface area contributed by atoms with Crippen LogP contribution in [0.25, 0.3) is 22.7 Å². The molecule has 2 amide bonds. The summed E-state index contributed by atoms with van der Waals surface area (Å²) in [5, 5.41) is 2.45. The lowest BCUT2D eigenvalue weighted by Crippen LogP contribution is -2.33. The average Bonchev–Trinajstić information content (AvgIpc) is 3.49. The van der Waals surface area contributed by atoms with Gasteiger partial charge in [-0.3, -0.25) is 0 Å². The lowest BCUT2D eigenvalue weighted by atomic mass is 10.2. The Labute approximate surface area is 170 Å². The van der Waals surface area contributed by atoms with Crippen molar-refractivity contribution >= 4 is 22.9 Å². The summed E-state index contributed by atoms with van der Waals surface area (Å²) in [6, 6.07) is 9.67. The van der Waals surface area contributed by atoms with Gasteiger partial charge in [-0.1, -0.05) is 0 Å². The van der Waals surface area contributed by atoms with E-state index in [0.717, 1.165) is 23.7 Å². The Morgan fingerprint density at radius 1 is 1.20 bits per heavy atom.